The molecule has 1 heterocycles. The maximum atomic E-state index is 5.97. The standard InChI is InChI=1S/C19H31ClN4O.HI/c1-5-21-19(23-16(4)17-6-8-18(20)9-7-17)22-12-14(2)24-10-11-25-13-15(24)3;/h6-9,14-16H,5,10-13H2,1-4H3,(H2,21,22,23);1H. The summed E-state index contributed by atoms with van der Waals surface area (Å²) in [6.07, 6.45) is 0. The lowest BCUT2D eigenvalue weighted by Crippen LogP contribution is -2.49. The minimum atomic E-state index is 0. The molecule has 0 aromatic heterocycles. The van der Waals surface area contributed by atoms with Gasteiger partial charge in [-0.25, -0.2) is 0 Å². The number of nitrogens with one attached hydrogen (secondary N) is 2. The highest BCUT2D eigenvalue weighted by Gasteiger charge is 2.23. The summed E-state index contributed by atoms with van der Waals surface area (Å²) in [5.74, 6) is 0.845. The van der Waals surface area contributed by atoms with E-state index in [0.717, 1.165) is 43.8 Å². The maximum Gasteiger partial charge on any atom is 0.191 e. The molecular formula is C19H32ClIN4O. The van der Waals surface area contributed by atoms with Crippen molar-refractivity contribution in [2.45, 2.75) is 45.8 Å². The molecule has 1 aromatic rings. The monoisotopic (exact) mass is 494 g/mol. The SMILES string of the molecule is CCNC(=NCC(C)N1CCOCC1C)NC(C)c1ccc(Cl)cc1.I. The fraction of sp³-hybridized carbons (Fsp3) is 0.632. The van der Waals surface area contributed by atoms with Crippen molar-refractivity contribution < 1.29 is 4.74 Å². The summed E-state index contributed by atoms with van der Waals surface area (Å²) < 4.78 is 5.52. The van der Waals surface area contributed by atoms with Gasteiger partial charge in [0, 0.05) is 30.2 Å². The molecule has 26 heavy (non-hydrogen) atoms. The first-order chi connectivity index (χ1) is 12.0. The molecule has 5 nitrogen and oxygen atoms in total. The van der Waals surface area contributed by atoms with Crippen molar-refractivity contribution in [2.24, 2.45) is 4.99 Å². The Morgan fingerprint density at radius 1 is 1.35 bits per heavy atom. The normalized spacial score (nSPS) is 20.8. The number of halogens is 2. The molecule has 0 saturated carbocycles. The van der Waals surface area contributed by atoms with E-state index in [0.29, 0.717) is 12.1 Å². The Kier molecular flexibility index (Phi) is 10.8. The van der Waals surface area contributed by atoms with E-state index in [1.807, 2.05) is 24.3 Å². The number of guanidine groups is 1. The van der Waals surface area contributed by atoms with Crippen molar-refractivity contribution in [1.82, 2.24) is 15.5 Å². The Labute approximate surface area is 179 Å². The number of hydrogen-bond acceptors (Lipinski definition) is 3. The van der Waals surface area contributed by atoms with Gasteiger partial charge in [0.2, 0.25) is 0 Å². The van der Waals surface area contributed by atoms with Crippen LogP contribution in [0.25, 0.3) is 0 Å². The van der Waals surface area contributed by atoms with Gasteiger partial charge in [-0.15, -0.1) is 24.0 Å². The van der Waals surface area contributed by atoms with Crippen molar-refractivity contribution >= 4 is 41.5 Å². The number of benzene rings is 1. The first kappa shape index (κ1) is 23.5. The molecule has 0 amide bonds. The van der Waals surface area contributed by atoms with Crippen LogP contribution in [0.15, 0.2) is 29.3 Å². The summed E-state index contributed by atoms with van der Waals surface area (Å²) in [5.41, 5.74) is 1.19. The molecule has 0 radical (unpaired) electrons. The number of rotatable bonds is 6. The van der Waals surface area contributed by atoms with Gasteiger partial charge in [-0.3, -0.25) is 9.89 Å². The van der Waals surface area contributed by atoms with E-state index in [1.54, 1.807) is 0 Å². The second-order valence-corrected chi connectivity index (χ2v) is 7.08. The minimum Gasteiger partial charge on any atom is -0.379 e. The van der Waals surface area contributed by atoms with E-state index in [-0.39, 0.29) is 30.0 Å². The van der Waals surface area contributed by atoms with E-state index in [2.05, 4.69) is 43.2 Å². The number of nitrogens with zero attached hydrogens (tertiary/aromatic N) is 2. The Balaban J connectivity index is 0.00000338. The van der Waals surface area contributed by atoms with Gasteiger partial charge >= 0.3 is 0 Å². The summed E-state index contributed by atoms with van der Waals surface area (Å²) in [6.45, 7) is 12.8. The van der Waals surface area contributed by atoms with Gasteiger partial charge in [0.1, 0.15) is 0 Å². The predicted molar refractivity (Wildman–Crippen MR) is 121 cm³/mol. The Bertz CT molecular complexity index is 555. The van der Waals surface area contributed by atoms with Crippen LogP contribution in [-0.4, -0.2) is 55.8 Å². The van der Waals surface area contributed by atoms with Crippen molar-refractivity contribution in [3.8, 4) is 0 Å². The number of hydrogen-bond donors (Lipinski definition) is 2. The van der Waals surface area contributed by atoms with Crippen LogP contribution < -0.4 is 10.6 Å². The van der Waals surface area contributed by atoms with Crippen LogP contribution >= 0.6 is 35.6 Å². The molecule has 2 N–H and O–H groups in total. The molecule has 0 spiro atoms. The van der Waals surface area contributed by atoms with Gasteiger partial charge in [0.25, 0.3) is 0 Å². The molecule has 1 aromatic carbocycles. The van der Waals surface area contributed by atoms with E-state index >= 15 is 0 Å². The molecule has 0 bridgehead atoms. The van der Waals surface area contributed by atoms with E-state index < -0.39 is 0 Å². The van der Waals surface area contributed by atoms with Gasteiger partial charge < -0.3 is 15.4 Å². The Morgan fingerprint density at radius 2 is 2.04 bits per heavy atom. The van der Waals surface area contributed by atoms with Crippen molar-refractivity contribution in [2.75, 3.05) is 32.8 Å². The van der Waals surface area contributed by atoms with Crippen molar-refractivity contribution in [3.05, 3.63) is 34.9 Å². The highest BCUT2D eigenvalue weighted by Crippen LogP contribution is 2.16. The largest absolute Gasteiger partial charge is 0.379 e. The first-order valence-electron chi connectivity index (χ1n) is 9.15. The fourth-order valence-corrected chi connectivity index (χ4v) is 3.21. The number of ether oxygens (including phenoxy) is 1. The average molecular weight is 495 g/mol. The third kappa shape index (κ3) is 7.21. The molecule has 1 aliphatic rings. The predicted octanol–water partition coefficient (Wildman–Crippen LogP) is 3.68. The molecule has 1 aliphatic heterocycles. The fourth-order valence-electron chi connectivity index (χ4n) is 3.08. The summed E-state index contributed by atoms with van der Waals surface area (Å²) >= 11 is 5.97. The summed E-state index contributed by atoms with van der Waals surface area (Å²) in [7, 11) is 0. The summed E-state index contributed by atoms with van der Waals surface area (Å²) in [4.78, 5) is 7.26. The molecule has 3 atom stereocenters. The van der Waals surface area contributed by atoms with Gasteiger partial charge in [-0.2, -0.15) is 0 Å². The summed E-state index contributed by atoms with van der Waals surface area (Å²) in [6, 6.07) is 8.92. The zero-order valence-corrected chi connectivity index (χ0v) is 19.3. The van der Waals surface area contributed by atoms with Crippen LogP contribution in [0.4, 0.5) is 0 Å². The van der Waals surface area contributed by atoms with Crippen molar-refractivity contribution in [1.29, 1.82) is 0 Å². The molecule has 7 heteroatoms. The molecular weight excluding hydrogens is 463 g/mol. The van der Waals surface area contributed by atoms with E-state index in [9.17, 15) is 0 Å². The molecule has 1 fully saturated rings. The highest BCUT2D eigenvalue weighted by atomic mass is 127. The lowest BCUT2D eigenvalue weighted by molar-refractivity contribution is -0.0165. The lowest BCUT2D eigenvalue weighted by Gasteiger charge is -2.37. The zero-order chi connectivity index (χ0) is 18.2. The quantitative estimate of drug-likeness (QED) is 0.360. The lowest BCUT2D eigenvalue weighted by atomic mass is 10.1. The molecule has 3 unspecified atom stereocenters. The molecule has 1 saturated heterocycles. The van der Waals surface area contributed by atoms with E-state index in [4.69, 9.17) is 21.3 Å². The van der Waals surface area contributed by atoms with Crippen molar-refractivity contribution in [3.63, 3.8) is 0 Å². The number of morpholine rings is 1. The topological polar surface area (TPSA) is 48.9 Å². The van der Waals surface area contributed by atoms with E-state index in [1.165, 1.54) is 5.56 Å². The highest BCUT2D eigenvalue weighted by molar-refractivity contribution is 14.0. The summed E-state index contributed by atoms with van der Waals surface area (Å²) in [5, 5.41) is 7.56. The van der Waals surface area contributed by atoms with Crippen LogP contribution in [0.1, 0.15) is 39.3 Å². The maximum absolute atomic E-state index is 5.97. The van der Waals surface area contributed by atoms with Gasteiger partial charge in [0.15, 0.2) is 5.96 Å². The zero-order valence-electron chi connectivity index (χ0n) is 16.2. The third-order valence-corrected chi connectivity index (χ3v) is 4.82. The molecule has 148 valence electrons. The first-order valence-corrected chi connectivity index (χ1v) is 9.52. The second kappa shape index (κ2) is 12.0. The van der Waals surface area contributed by atoms with Gasteiger partial charge in [-0.1, -0.05) is 23.7 Å². The molecule has 0 aliphatic carbocycles. The van der Waals surface area contributed by atoms with Gasteiger partial charge in [-0.05, 0) is 45.4 Å². The van der Waals surface area contributed by atoms with Crippen LogP contribution in [0.3, 0.4) is 0 Å². The van der Waals surface area contributed by atoms with Crippen LogP contribution in [0.2, 0.25) is 5.02 Å². The minimum absolute atomic E-state index is 0. The van der Waals surface area contributed by atoms with Crippen LogP contribution in [0, 0.1) is 0 Å². The van der Waals surface area contributed by atoms with Gasteiger partial charge in [0.05, 0.1) is 25.8 Å². The Morgan fingerprint density at radius 3 is 2.65 bits per heavy atom. The number of aliphatic imine (C=N–C) groups is 1. The Hall–Kier alpha value is -0.570. The average Bonchev–Trinajstić information content (AvgIpc) is 2.60. The third-order valence-electron chi connectivity index (χ3n) is 4.57. The van der Waals surface area contributed by atoms with Crippen LogP contribution in [0.5, 0.6) is 0 Å². The smallest absolute Gasteiger partial charge is 0.191 e. The second-order valence-electron chi connectivity index (χ2n) is 6.65. The van der Waals surface area contributed by atoms with Crippen LogP contribution in [-0.2, 0) is 4.74 Å². The molecule has 2 rings (SSSR count).